The molecule has 170 valence electrons. The van der Waals surface area contributed by atoms with Gasteiger partial charge in [0.25, 0.3) is 0 Å². The van der Waals surface area contributed by atoms with Gasteiger partial charge in [-0.05, 0) is 95.3 Å². The molecule has 0 bridgehead atoms. The summed E-state index contributed by atoms with van der Waals surface area (Å²) in [5.41, 5.74) is 5.00. The average Bonchev–Trinajstić information content (AvgIpc) is 2.69. The van der Waals surface area contributed by atoms with E-state index in [9.17, 15) is 0 Å². The predicted octanol–water partition coefficient (Wildman–Crippen LogP) is 10.1. The van der Waals surface area contributed by atoms with Crippen LogP contribution in [0, 0.1) is 29.6 Å². The molecule has 1 rings (SSSR count). The van der Waals surface area contributed by atoms with E-state index >= 15 is 0 Å². The molecule has 0 spiro atoms. The molecule has 0 fully saturated rings. The third-order valence-electron chi connectivity index (χ3n) is 8.10. The Bertz CT molecular complexity index is 494. The first-order valence-electron chi connectivity index (χ1n) is 13.0. The molecule has 0 nitrogen and oxygen atoms in total. The van der Waals surface area contributed by atoms with Crippen LogP contribution >= 0.6 is 0 Å². The monoisotopic (exact) mass is 402 g/mol. The van der Waals surface area contributed by atoms with Crippen LogP contribution in [0.2, 0.25) is 0 Å². The van der Waals surface area contributed by atoms with Gasteiger partial charge in [0, 0.05) is 0 Å². The number of allylic oxidation sites excluding steroid dienone is 4. The SMILES string of the molecule is CCCC(C)CCCC=C(C)CC(C)C1CCCC(C)C(C)CCC(C)=C(C)C1. The molecule has 5 unspecified atom stereocenters. The average molecular weight is 403 g/mol. The zero-order valence-electron chi connectivity index (χ0n) is 21.4. The first-order chi connectivity index (χ1) is 13.7. The Morgan fingerprint density at radius 3 is 2.38 bits per heavy atom. The maximum absolute atomic E-state index is 2.55. The second-order valence-electron chi connectivity index (χ2n) is 11.0. The molecule has 0 aromatic carbocycles. The lowest BCUT2D eigenvalue weighted by Crippen LogP contribution is -2.14. The fourth-order valence-corrected chi connectivity index (χ4v) is 5.29. The van der Waals surface area contributed by atoms with Crippen LogP contribution in [0.25, 0.3) is 0 Å². The molecule has 0 saturated carbocycles. The summed E-state index contributed by atoms with van der Waals surface area (Å²) in [4.78, 5) is 0. The van der Waals surface area contributed by atoms with E-state index in [1.165, 1.54) is 77.0 Å². The van der Waals surface area contributed by atoms with Crippen LogP contribution in [-0.2, 0) is 0 Å². The molecule has 0 aromatic heterocycles. The summed E-state index contributed by atoms with van der Waals surface area (Å²) < 4.78 is 0. The second-order valence-corrected chi connectivity index (χ2v) is 11.0. The van der Waals surface area contributed by atoms with Crippen LogP contribution in [0.15, 0.2) is 22.8 Å². The van der Waals surface area contributed by atoms with E-state index in [1.807, 2.05) is 0 Å². The fourth-order valence-electron chi connectivity index (χ4n) is 5.29. The summed E-state index contributed by atoms with van der Waals surface area (Å²) in [5, 5.41) is 0. The molecular weight excluding hydrogens is 348 g/mol. The normalized spacial score (nSPS) is 27.4. The lowest BCUT2D eigenvalue weighted by atomic mass is 9.80. The second kappa shape index (κ2) is 14.5. The molecule has 0 heterocycles. The zero-order valence-corrected chi connectivity index (χ0v) is 21.4. The van der Waals surface area contributed by atoms with E-state index in [4.69, 9.17) is 0 Å². The highest BCUT2D eigenvalue weighted by Gasteiger charge is 2.21. The van der Waals surface area contributed by atoms with Gasteiger partial charge in [0.15, 0.2) is 0 Å². The summed E-state index contributed by atoms with van der Waals surface area (Å²) in [5.74, 6) is 4.33. The topological polar surface area (TPSA) is 0 Å². The first kappa shape index (κ1) is 26.5. The molecule has 0 radical (unpaired) electrons. The van der Waals surface area contributed by atoms with Crippen molar-refractivity contribution < 1.29 is 0 Å². The van der Waals surface area contributed by atoms with Crippen molar-refractivity contribution in [1.29, 1.82) is 0 Å². The van der Waals surface area contributed by atoms with E-state index in [-0.39, 0.29) is 0 Å². The molecule has 29 heavy (non-hydrogen) atoms. The highest BCUT2D eigenvalue weighted by atomic mass is 14.3. The van der Waals surface area contributed by atoms with Crippen molar-refractivity contribution in [3.8, 4) is 0 Å². The minimum atomic E-state index is 0.807. The van der Waals surface area contributed by atoms with Gasteiger partial charge in [0.05, 0.1) is 0 Å². The highest BCUT2D eigenvalue weighted by Crippen LogP contribution is 2.35. The van der Waals surface area contributed by atoms with Crippen LogP contribution in [0.1, 0.15) is 132 Å². The van der Waals surface area contributed by atoms with Crippen LogP contribution in [0.3, 0.4) is 0 Å². The van der Waals surface area contributed by atoms with Crippen LogP contribution in [-0.4, -0.2) is 0 Å². The highest BCUT2D eigenvalue weighted by molar-refractivity contribution is 5.11. The molecule has 1 aliphatic rings. The van der Waals surface area contributed by atoms with Crippen molar-refractivity contribution in [3.63, 3.8) is 0 Å². The molecule has 0 amide bonds. The Hall–Kier alpha value is -0.520. The van der Waals surface area contributed by atoms with Gasteiger partial charge in [-0.2, -0.15) is 0 Å². The van der Waals surface area contributed by atoms with Crippen molar-refractivity contribution in [2.45, 2.75) is 132 Å². The Kier molecular flexibility index (Phi) is 13.2. The van der Waals surface area contributed by atoms with Crippen molar-refractivity contribution in [3.05, 3.63) is 22.8 Å². The summed E-state index contributed by atoms with van der Waals surface area (Å²) in [7, 11) is 0. The van der Waals surface area contributed by atoms with Crippen LogP contribution in [0.5, 0.6) is 0 Å². The molecule has 1 aliphatic carbocycles. The number of rotatable bonds is 9. The Morgan fingerprint density at radius 1 is 1.00 bits per heavy atom. The Morgan fingerprint density at radius 2 is 1.69 bits per heavy atom. The summed E-state index contributed by atoms with van der Waals surface area (Å²) in [6, 6.07) is 0. The Labute approximate surface area is 185 Å². The number of hydrogen-bond acceptors (Lipinski definition) is 0. The van der Waals surface area contributed by atoms with Gasteiger partial charge in [0.1, 0.15) is 0 Å². The quantitative estimate of drug-likeness (QED) is 0.266. The van der Waals surface area contributed by atoms with Gasteiger partial charge >= 0.3 is 0 Å². The largest absolute Gasteiger partial charge is 0.0856 e. The first-order valence-corrected chi connectivity index (χ1v) is 13.0. The molecule has 0 saturated heterocycles. The number of hydrogen-bond donors (Lipinski definition) is 0. The van der Waals surface area contributed by atoms with Crippen molar-refractivity contribution in [1.82, 2.24) is 0 Å². The maximum Gasteiger partial charge on any atom is -0.0289 e. The molecule has 0 aliphatic heterocycles. The van der Waals surface area contributed by atoms with Gasteiger partial charge < -0.3 is 0 Å². The summed E-state index contributed by atoms with van der Waals surface area (Å²) in [6.45, 7) is 19.4. The Balaban J connectivity index is 2.61. The molecule has 0 N–H and O–H groups in total. The molecule has 0 aromatic rings. The standard InChI is InChI=1S/C29H54/c1-9-13-22(2)14-10-11-15-23(3)20-28(8)29-17-12-16-24(4)25(5)18-19-26(6)27(7)21-29/h15,22,24-25,28-29H,9-14,16-21H2,1-8H3. The predicted molar refractivity (Wildman–Crippen MR) is 133 cm³/mol. The van der Waals surface area contributed by atoms with Gasteiger partial charge in [-0.1, -0.05) is 89.5 Å². The summed E-state index contributed by atoms with van der Waals surface area (Å²) in [6.07, 6.45) is 18.9. The third kappa shape index (κ3) is 10.9. The third-order valence-corrected chi connectivity index (χ3v) is 8.10. The van der Waals surface area contributed by atoms with Gasteiger partial charge in [-0.15, -0.1) is 0 Å². The van der Waals surface area contributed by atoms with Gasteiger partial charge in [-0.3, -0.25) is 0 Å². The van der Waals surface area contributed by atoms with Gasteiger partial charge in [0.2, 0.25) is 0 Å². The summed E-state index contributed by atoms with van der Waals surface area (Å²) >= 11 is 0. The van der Waals surface area contributed by atoms with Crippen LogP contribution < -0.4 is 0 Å². The van der Waals surface area contributed by atoms with E-state index in [1.54, 1.807) is 16.7 Å². The lowest BCUT2D eigenvalue weighted by molar-refractivity contribution is 0.290. The van der Waals surface area contributed by atoms with Crippen molar-refractivity contribution in [2.24, 2.45) is 29.6 Å². The maximum atomic E-state index is 2.55. The molecular formula is C29H54. The van der Waals surface area contributed by atoms with Crippen LogP contribution in [0.4, 0.5) is 0 Å². The number of unbranched alkanes of at least 4 members (excludes halogenated alkanes) is 1. The smallest absolute Gasteiger partial charge is 0.0289 e. The van der Waals surface area contributed by atoms with E-state index in [0.717, 1.165) is 29.6 Å². The zero-order chi connectivity index (χ0) is 21.8. The fraction of sp³-hybridized carbons (Fsp3) is 0.862. The van der Waals surface area contributed by atoms with Crippen molar-refractivity contribution >= 4 is 0 Å². The molecule has 5 atom stereocenters. The van der Waals surface area contributed by atoms with Crippen molar-refractivity contribution in [2.75, 3.05) is 0 Å². The van der Waals surface area contributed by atoms with E-state index < -0.39 is 0 Å². The van der Waals surface area contributed by atoms with Gasteiger partial charge in [-0.25, -0.2) is 0 Å². The van der Waals surface area contributed by atoms with E-state index in [2.05, 4.69) is 61.5 Å². The van der Waals surface area contributed by atoms with E-state index in [0.29, 0.717) is 0 Å². The minimum Gasteiger partial charge on any atom is -0.0856 e. The minimum absolute atomic E-state index is 0.807. The molecule has 0 heteroatoms. The lowest BCUT2D eigenvalue weighted by Gasteiger charge is -2.26.